The summed E-state index contributed by atoms with van der Waals surface area (Å²) in [5, 5.41) is 0. The van der Waals surface area contributed by atoms with E-state index >= 15 is 0 Å². The van der Waals surface area contributed by atoms with E-state index < -0.39 is 0 Å². The largest absolute Gasteiger partial charge is 0.426 e. The molecule has 0 radical (unpaired) electrons. The molecule has 17 heavy (non-hydrogen) atoms. The predicted octanol–water partition coefficient (Wildman–Crippen LogP) is 3.61. The molecular formula is C15H18O2. The third kappa shape index (κ3) is 2.12. The molecule has 1 aromatic carbocycles. The van der Waals surface area contributed by atoms with Crippen LogP contribution in [0.3, 0.4) is 0 Å². The lowest BCUT2D eigenvalue weighted by molar-refractivity contribution is -0.131. The minimum atomic E-state index is -0.263. The van der Waals surface area contributed by atoms with Crippen LogP contribution in [0.1, 0.15) is 39.2 Å². The van der Waals surface area contributed by atoms with Crippen LogP contribution in [0.5, 0.6) is 5.75 Å². The molecule has 1 atom stereocenters. The molecule has 1 aliphatic rings. The first-order valence-electron chi connectivity index (χ1n) is 5.99. The maximum absolute atomic E-state index is 11.1. The first-order chi connectivity index (χ1) is 8.04. The summed E-state index contributed by atoms with van der Waals surface area (Å²) in [7, 11) is 0. The second kappa shape index (κ2) is 4.36. The van der Waals surface area contributed by atoms with Gasteiger partial charge in [-0.25, -0.2) is 0 Å². The summed E-state index contributed by atoms with van der Waals surface area (Å²) in [5.41, 5.74) is 2.48. The summed E-state index contributed by atoms with van der Waals surface area (Å²) >= 11 is 0. The number of carbonyl (C=O) groups is 1. The molecule has 2 heteroatoms. The molecule has 90 valence electrons. The Morgan fingerprint density at radius 2 is 2.06 bits per heavy atom. The number of allylic oxidation sites excluding steroid dienone is 2. The van der Waals surface area contributed by atoms with Crippen LogP contribution in [0.2, 0.25) is 0 Å². The molecule has 0 amide bonds. The van der Waals surface area contributed by atoms with Crippen molar-refractivity contribution in [1.82, 2.24) is 0 Å². The topological polar surface area (TPSA) is 26.3 Å². The number of carbonyl (C=O) groups excluding carboxylic acids is 1. The third-order valence-electron chi connectivity index (χ3n) is 3.70. The quantitative estimate of drug-likeness (QED) is 0.441. The highest BCUT2D eigenvalue weighted by atomic mass is 16.5. The van der Waals surface area contributed by atoms with E-state index in [1.165, 1.54) is 12.5 Å². The second-order valence-electron chi connectivity index (χ2n) is 4.85. The number of esters is 1. The van der Waals surface area contributed by atoms with Gasteiger partial charge in [-0.05, 0) is 25.8 Å². The van der Waals surface area contributed by atoms with Gasteiger partial charge in [0.2, 0.25) is 0 Å². The van der Waals surface area contributed by atoms with Gasteiger partial charge < -0.3 is 4.74 Å². The summed E-state index contributed by atoms with van der Waals surface area (Å²) in [6.07, 6.45) is 4.44. The van der Waals surface area contributed by atoms with E-state index in [2.05, 4.69) is 26.0 Å². The van der Waals surface area contributed by atoms with Gasteiger partial charge in [-0.2, -0.15) is 0 Å². The molecule has 1 aliphatic carbocycles. The third-order valence-corrected chi connectivity index (χ3v) is 3.70. The average molecular weight is 230 g/mol. The second-order valence-corrected chi connectivity index (χ2v) is 4.85. The number of rotatable bonds is 2. The van der Waals surface area contributed by atoms with Crippen molar-refractivity contribution in [3.05, 3.63) is 41.5 Å². The maximum atomic E-state index is 11.1. The van der Waals surface area contributed by atoms with Crippen LogP contribution in [0.25, 0.3) is 0 Å². The van der Waals surface area contributed by atoms with Crippen LogP contribution in [0, 0.1) is 0 Å². The zero-order valence-electron chi connectivity index (χ0n) is 10.6. The Kier molecular flexibility index (Phi) is 3.05. The normalized spacial score (nSPS) is 23.4. The van der Waals surface area contributed by atoms with Gasteiger partial charge in [-0.15, -0.1) is 0 Å². The lowest BCUT2D eigenvalue weighted by Crippen LogP contribution is -2.21. The lowest BCUT2D eigenvalue weighted by Gasteiger charge is -2.28. The van der Waals surface area contributed by atoms with E-state index in [1.807, 2.05) is 18.2 Å². The number of hydrogen-bond donors (Lipinski definition) is 0. The maximum Gasteiger partial charge on any atom is 0.308 e. The zero-order chi connectivity index (χ0) is 12.5. The van der Waals surface area contributed by atoms with E-state index in [9.17, 15) is 4.79 Å². The van der Waals surface area contributed by atoms with Crippen molar-refractivity contribution in [2.45, 2.75) is 39.0 Å². The average Bonchev–Trinajstić information content (AvgIpc) is 2.60. The smallest absolute Gasteiger partial charge is 0.308 e. The molecule has 0 spiro atoms. The van der Waals surface area contributed by atoms with Crippen LogP contribution in [-0.4, -0.2) is 5.97 Å². The SMILES string of the molecule is CC(=O)Oc1ccccc1C1(C)CCC=C1C. The zero-order valence-corrected chi connectivity index (χ0v) is 10.6. The van der Waals surface area contributed by atoms with Crippen molar-refractivity contribution in [3.63, 3.8) is 0 Å². The van der Waals surface area contributed by atoms with Crippen LogP contribution in [0.4, 0.5) is 0 Å². The molecule has 0 heterocycles. The Hall–Kier alpha value is -1.57. The summed E-state index contributed by atoms with van der Waals surface area (Å²) < 4.78 is 5.31. The summed E-state index contributed by atoms with van der Waals surface area (Å²) in [6.45, 7) is 5.81. The van der Waals surface area contributed by atoms with E-state index in [4.69, 9.17) is 4.74 Å². The number of ether oxygens (including phenoxy) is 1. The predicted molar refractivity (Wildman–Crippen MR) is 68.1 cm³/mol. The van der Waals surface area contributed by atoms with E-state index in [0.717, 1.165) is 18.4 Å². The standard InChI is InChI=1S/C15H18O2/c1-11-7-6-10-15(11,3)13-8-4-5-9-14(13)17-12(2)16/h4-5,7-9H,6,10H2,1-3H3. The molecule has 1 aromatic rings. The summed E-state index contributed by atoms with van der Waals surface area (Å²) in [5.74, 6) is 0.429. The minimum absolute atomic E-state index is 0.00600. The number of para-hydroxylation sites is 1. The van der Waals surface area contributed by atoms with Crippen LogP contribution >= 0.6 is 0 Å². The van der Waals surface area contributed by atoms with Gasteiger partial charge in [0.25, 0.3) is 0 Å². The van der Waals surface area contributed by atoms with E-state index in [-0.39, 0.29) is 11.4 Å². The molecule has 2 nitrogen and oxygen atoms in total. The lowest BCUT2D eigenvalue weighted by atomic mass is 9.77. The van der Waals surface area contributed by atoms with E-state index in [1.54, 1.807) is 0 Å². The Morgan fingerprint density at radius 1 is 1.35 bits per heavy atom. The highest BCUT2D eigenvalue weighted by molar-refractivity contribution is 5.70. The van der Waals surface area contributed by atoms with Gasteiger partial charge in [0, 0.05) is 17.9 Å². The fourth-order valence-corrected chi connectivity index (χ4v) is 2.51. The van der Waals surface area contributed by atoms with Gasteiger partial charge in [0.1, 0.15) is 5.75 Å². The van der Waals surface area contributed by atoms with Crippen LogP contribution < -0.4 is 4.74 Å². The number of hydrogen-bond acceptors (Lipinski definition) is 2. The first-order valence-corrected chi connectivity index (χ1v) is 5.99. The molecule has 1 unspecified atom stereocenters. The van der Waals surface area contributed by atoms with Gasteiger partial charge >= 0.3 is 5.97 Å². The van der Waals surface area contributed by atoms with Crippen molar-refractivity contribution >= 4 is 5.97 Å². The van der Waals surface area contributed by atoms with Crippen molar-refractivity contribution in [1.29, 1.82) is 0 Å². The highest BCUT2D eigenvalue weighted by Crippen LogP contribution is 2.44. The van der Waals surface area contributed by atoms with Crippen molar-refractivity contribution in [3.8, 4) is 5.75 Å². The summed E-state index contributed by atoms with van der Waals surface area (Å²) in [4.78, 5) is 11.1. The Labute approximate surface area is 102 Å². The highest BCUT2D eigenvalue weighted by Gasteiger charge is 2.34. The molecule has 0 saturated carbocycles. The van der Waals surface area contributed by atoms with Gasteiger partial charge in [-0.3, -0.25) is 4.79 Å². The van der Waals surface area contributed by atoms with Gasteiger partial charge in [0.05, 0.1) is 0 Å². The van der Waals surface area contributed by atoms with E-state index in [0.29, 0.717) is 5.75 Å². The molecule has 0 aliphatic heterocycles. The Morgan fingerprint density at radius 3 is 2.65 bits per heavy atom. The molecule has 2 rings (SSSR count). The fraction of sp³-hybridized carbons (Fsp3) is 0.400. The van der Waals surface area contributed by atoms with Crippen molar-refractivity contribution < 1.29 is 9.53 Å². The molecule has 0 aromatic heterocycles. The Bertz CT molecular complexity index is 474. The summed E-state index contributed by atoms with van der Waals surface area (Å²) in [6, 6.07) is 7.83. The van der Waals surface area contributed by atoms with Crippen LogP contribution in [-0.2, 0) is 10.2 Å². The monoisotopic (exact) mass is 230 g/mol. The molecule has 0 saturated heterocycles. The number of benzene rings is 1. The van der Waals surface area contributed by atoms with Gasteiger partial charge in [0.15, 0.2) is 0 Å². The van der Waals surface area contributed by atoms with Crippen LogP contribution in [0.15, 0.2) is 35.9 Å². The van der Waals surface area contributed by atoms with Crippen molar-refractivity contribution in [2.24, 2.45) is 0 Å². The van der Waals surface area contributed by atoms with Gasteiger partial charge in [-0.1, -0.05) is 36.8 Å². The Balaban J connectivity index is 2.45. The molecule has 0 bridgehead atoms. The molecule has 0 N–H and O–H groups in total. The minimum Gasteiger partial charge on any atom is -0.426 e. The fourth-order valence-electron chi connectivity index (χ4n) is 2.51. The molecule has 0 fully saturated rings. The molecular weight excluding hydrogens is 212 g/mol. The first kappa shape index (κ1) is 11.9. The van der Waals surface area contributed by atoms with Crippen molar-refractivity contribution in [2.75, 3.05) is 0 Å².